The van der Waals surface area contributed by atoms with Gasteiger partial charge in [-0.15, -0.1) is 0 Å². The van der Waals surface area contributed by atoms with Crippen molar-refractivity contribution >= 4 is 15.8 Å². The molecule has 2 aromatic rings. The summed E-state index contributed by atoms with van der Waals surface area (Å²) in [6.45, 7) is 4.41. The van der Waals surface area contributed by atoms with Crippen molar-refractivity contribution < 1.29 is 13.2 Å². The number of carbonyl (C=O) groups excluding carboxylic acids is 1. The third-order valence-corrected chi connectivity index (χ3v) is 6.78. The van der Waals surface area contributed by atoms with Crippen LogP contribution >= 0.6 is 0 Å². The monoisotopic (exact) mass is 357 g/mol. The Morgan fingerprint density at radius 1 is 1.08 bits per heavy atom. The second kappa shape index (κ2) is 7.10. The molecule has 5 heteroatoms. The standard InChI is InChI=1S/C20H23NO3S/c1-15-10-11-16(2)19(13-15)25(23,24)21-12-6-9-18(14-21)20(22)17-7-4-3-5-8-17/h3-5,7-8,10-11,13,18H,6,9,12,14H2,1-2H3. The summed E-state index contributed by atoms with van der Waals surface area (Å²) in [5.41, 5.74) is 2.30. The molecule has 25 heavy (non-hydrogen) atoms. The fraction of sp³-hybridized carbons (Fsp3) is 0.350. The molecule has 0 amide bonds. The number of aryl methyl sites for hydroxylation is 2. The maximum atomic E-state index is 13.1. The first kappa shape index (κ1) is 17.8. The van der Waals surface area contributed by atoms with E-state index < -0.39 is 10.0 Å². The first-order valence-corrected chi connectivity index (χ1v) is 10.0. The molecule has 2 aromatic carbocycles. The molecule has 1 aliphatic rings. The predicted octanol–water partition coefficient (Wildman–Crippen LogP) is 3.59. The summed E-state index contributed by atoms with van der Waals surface area (Å²) in [4.78, 5) is 13.1. The average molecular weight is 357 g/mol. The van der Waals surface area contributed by atoms with E-state index in [-0.39, 0.29) is 18.2 Å². The van der Waals surface area contributed by atoms with Crippen molar-refractivity contribution in [2.75, 3.05) is 13.1 Å². The van der Waals surface area contributed by atoms with Crippen molar-refractivity contribution in [3.63, 3.8) is 0 Å². The molecule has 1 fully saturated rings. The minimum Gasteiger partial charge on any atom is -0.294 e. The molecule has 0 N–H and O–H groups in total. The molecule has 1 saturated heterocycles. The number of benzene rings is 2. The molecule has 1 unspecified atom stereocenters. The zero-order chi connectivity index (χ0) is 18.0. The number of hydrogen-bond acceptors (Lipinski definition) is 3. The van der Waals surface area contributed by atoms with E-state index in [0.29, 0.717) is 23.4 Å². The van der Waals surface area contributed by atoms with Gasteiger partial charge < -0.3 is 0 Å². The van der Waals surface area contributed by atoms with Gasteiger partial charge in [0.2, 0.25) is 10.0 Å². The van der Waals surface area contributed by atoms with Gasteiger partial charge in [-0.2, -0.15) is 4.31 Å². The highest BCUT2D eigenvalue weighted by Gasteiger charge is 2.34. The molecule has 0 aliphatic carbocycles. The fourth-order valence-electron chi connectivity index (χ4n) is 3.34. The lowest BCUT2D eigenvalue weighted by atomic mass is 9.91. The number of Topliss-reactive ketones (excluding diaryl/α,β-unsaturated/α-hetero) is 1. The molecule has 1 atom stereocenters. The quantitative estimate of drug-likeness (QED) is 0.786. The van der Waals surface area contributed by atoms with Gasteiger partial charge in [-0.3, -0.25) is 4.79 Å². The summed E-state index contributed by atoms with van der Waals surface area (Å²) in [6, 6.07) is 14.6. The zero-order valence-corrected chi connectivity index (χ0v) is 15.4. The SMILES string of the molecule is Cc1ccc(C)c(S(=O)(=O)N2CCCC(C(=O)c3ccccc3)C2)c1. The van der Waals surface area contributed by atoms with E-state index in [1.807, 2.05) is 44.2 Å². The van der Waals surface area contributed by atoms with Crippen LogP contribution in [0.25, 0.3) is 0 Å². The smallest absolute Gasteiger partial charge is 0.243 e. The molecule has 4 nitrogen and oxygen atoms in total. The Labute approximate surface area is 149 Å². The average Bonchev–Trinajstić information content (AvgIpc) is 2.64. The molecular weight excluding hydrogens is 334 g/mol. The van der Waals surface area contributed by atoms with Gasteiger partial charge in [0.1, 0.15) is 0 Å². The summed E-state index contributed by atoms with van der Waals surface area (Å²) >= 11 is 0. The molecule has 1 heterocycles. The Morgan fingerprint density at radius 3 is 2.52 bits per heavy atom. The van der Waals surface area contributed by atoms with Gasteiger partial charge in [-0.1, -0.05) is 42.5 Å². The van der Waals surface area contributed by atoms with Crippen LogP contribution in [-0.4, -0.2) is 31.6 Å². The summed E-state index contributed by atoms with van der Waals surface area (Å²) in [5.74, 6) is -0.252. The topological polar surface area (TPSA) is 54.5 Å². The van der Waals surface area contributed by atoms with Gasteiger partial charge >= 0.3 is 0 Å². The molecule has 0 aromatic heterocycles. The van der Waals surface area contributed by atoms with E-state index >= 15 is 0 Å². The van der Waals surface area contributed by atoms with Crippen LogP contribution in [0.2, 0.25) is 0 Å². The molecule has 3 rings (SSSR count). The van der Waals surface area contributed by atoms with Crippen LogP contribution in [0, 0.1) is 19.8 Å². The van der Waals surface area contributed by atoms with Crippen molar-refractivity contribution in [2.45, 2.75) is 31.6 Å². The van der Waals surface area contributed by atoms with Crippen molar-refractivity contribution in [3.05, 3.63) is 65.2 Å². The zero-order valence-electron chi connectivity index (χ0n) is 14.6. The Bertz CT molecular complexity index is 875. The summed E-state index contributed by atoms with van der Waals surface area (Å²) in [5, 5.41) is 0. The summed E-state index contributed by atoms with van der Waals surface area (Å²) in [7, 11) is -3.58. The van der Waals surface area contributed by atoms with E-state index in [9.17, 15) is 13.2 Å². The minimum absolute atomic E-state index is 0.0291. The highest BCUT2D eigenvalue weighted by molar-refractivity contribution is 7.89. The normalized spacial score (nSPS) is 18.9. The van der Waals surface area contributed by atoms with E-state index in [0.717, 1.165) is 17.5 Å². The van der Waals surface area contributed by atoms with Crippen molar-refractivity contribution in [2.24, 2.45) is 5.92 Å². The van der Waals surface area contributed by atoms with Gasteiger partial charge in [0.15, 0.2) is 5.78 Å². The van der Waals surface area contributed by atoms with Crippen LogP contribution < -0.4 is 0 Å². The predicted molar refractivity (Wildman–Crippen MR) is 98.2 cm³/mol. The van der Waals surface area contributed by atoms with E-state index in [2.05, 4.69) is 0 Å². The van der Waals surface area contributed by atoms with Crippen LogP contribution in [0.4, 0.5) is 0 Å². The third kappa shape index (κ3) is 3.67. The maximum Gasteiger partial charge on any atom is 0.243 e. The number of nitrogens with zero attached hydrogens (tertiary/aromatic N) is 1. The molecule has 0 bridgehead atoms. The van der Waals surface area contributed by atoms with Crippen molar-refractivity contribution in [1.29, 1.82) is 0 Å². The van der Waals surface area contributed by atoms with E-state index in [1.54, 1.807) is 18.2 Å². The second-order valence-electron chi connectivity index (χ2n) is 6.70. The molecular formula is C20H23NO3S. The Morgan fingerprint density at radius 2 is 1.80 bits per heavy atom. The highest BCUT2D eigenvalue weighted by Crippen LogP contribution is 2.28. The van der Waals surface area contributed by atoms with Crippen LogP contribution in [0.1, 0.15) is 34.3 Å². The molecule has 0 spiro atoms. The fourth-order valence-corrected chi connectivity index (χ4v) is 5.17. The maximum absolute atomic E-state index is 13.1. The van der Waals surface area contributed by atoms with Crippen LogP contribution in [0.15, 0.2) is 53.4 Å². The second-order valence-corrected chi connectivity index (χ2v) is 8.61. The lowest BCUT2D eigenvalue weighted by Crippen LogP contribution is -2.42. The number of rotatable bonds is 4. The lowest BCUT2D eigenvalue weighted by molar-refractivity contribution is 0.0872. The van der Waals surface area contributed by atoms with Gasteiger partial charge in [-0.25, -0.2) is 8.42 Å². The first-order valence-electron chi connectivity index (χ1n) is 8.56. The van der Waals surface area contributed by atoms with Crippen molar-refractivity contribution in [1.82, 2.24) is 4.31 Å². The molecule has 0 radical (unpaired) electrons. The van der Waals surface area contributed by atoms with Crippen LogP contribution in [0.3, 0.4) is 0 Å². The third-order valence-electron chi connectivity index (χ3n) is 4.77. The molecule has 132 valence electrons. The molecule has 0 saturated carbocycles. The van der Waals surface area contributed by atoms with E-state index in [4.69, 9.17) is 0 Å². The van der Waals surface area contributed by atoms with Gasteiger partial charge in [0, 0.05) is 24.6 Å². The molecule has 1 aliphatic heterocycles. The number of hydrogen-bond donors (Lipinski definition) is 0. The van der Waals surface area contributed by atoms with Gasteiger partial charge in [0.05, 0.1) is 4.90 Å². The van der Waals surface area contributed by atoms with Crippen LogP contribution in [-0.2, 0) is 10.0 Å². The van der Waals surface area contributed by atoms with Gasteiger partial charge in [-0.05, 0) is 43.9 Å². The highest BCUT2D eigenvalue weighted by atomic mass is 32.2. The van der Waals surface area contributed by atoms with Crippen molar-refractivity contribution in [3.8, 4) is 0 Å². The first-order chi connectivity index (χ1) is 11.9. The lowest BCUT2D eigenvalue weighted by Gasteiger charge is -2.31. The summed E-state index contributed by atoms with van der Waals surface area (Å²) < 4.78 is 27.6. The number of carbonyl (C=O) groups is 1. The largest absolute Gasteiger partial charge is 0.294 e. The Balaban J connectivity index is 1.86. The van der Waals surface area contributed by atoms with E-state index in [1.165, 1.54) is 4.31 Å². The number of sulfonamides is 1. The van der Waals surface area contributed by atoms with Gasteiger partial charge in [0.25, 0.3) is 0 Å². The summed E-state index contributed by atoms with van der Waals surface area (Å²) in [6.07, 6.45) is 1.43. The number of piperidine rings is 1. The number of ketones is 1. The minimum atomic E-state index is -3.58. The van der Waals surface area contributed by atoms with Crippen LogP contribution in [0.5, 0.6) is 0 Å². The Kier molecular flexibility index (Phi) is 5.06. The Hall–Kier alpha value is -1.98.